The second kappa shape index (κ2) is 7.87. The molecular formula is C21H27NO4. The van der Waals surface area contributed by atoms with Crippen molar-refractivity contribution < 1.29 is 18.9 Å². The second-order valence-corrected chi connectivity index (χ2v) is 6.43. The van der Waals surface area contributed by atoms with Crippen LogP contribution in [0.2, 0.25) is 0 Å². The summed E-state index contributed by atoms with van der Waals surface area (Å²) in [5, 5.41) is 3.50. The Bertz CT molecular complexity index is 775. The molecule has 0 unspecified atom stereocenters. The van der Waals surface area contributed by atoms with Crippen LogP contribution in [0.5, 0.6) is 23.0 Å². The maximum Gasteiger partial charge on any atom is 0.161 e. The van der Waals surface area contributed by atoms with E-state index < -0.39 is 0 Å². The Labute approximate surface area is 155 Å². The Balaban J connectivity index is 2.02. The first-order valence-corrected chi connectivity index (χ1v) is 8.80. The van der Waals surface area contributed by atoms with E-state index in [2.05, 4.69) is 29.6 Å². The number of ether oxygens (including phenoxy) is 4. The van der Waals surface area contributed by atoms with Crippen molar-refractivity contribution in [2.24, 2.45) is 0 Å². The lowest BCUT2D eigenvalue weighted by molar-refractivity contribution is 0.348. The third kappa shape index (κ3) is 3.19. The fourth-order valence-electron chi connectivity index (χ4n) is 3.94. The number of nitrogens with one attached hydrogen (secondary N) is 1. The van der Waals surface area contributed by atoms with Gasteiger partial charge in [0.2, 0.25) is 0 Å². The van der Waals surface area contributed by atoms with Crippen LogP contribution in [0.15, 0.2) is 30.3 Å². The van der Waals surface area contributed by atoms with E-state index in [4.69, 9.17) is 18.9 Å². The first-order chi connectivity index (χ1) is 12.7. The quantitative estimate of drug-likeness (QED) is 0.854. The molecule has 0 bridgehead atoms. The van der Waals surface area contributed by atoms with Gasteiger partial charge in [-0.25, -0.2) is 0 Å². The number of rotatable bonds is 6. The molecule has 2 aromatic carbocycles. The molecule has 0 fully saturated rings. The summed E-state index contributed by atoms with van der Waals surface area (Å²) in [4.78, 5) is 0. The van der Waals surface area contributed by atoms with Gasteiger partial charge in [-0.15, -0.1) is 0 Å². The van der Waals surface area contributed by atoms with E-state index >= 15 is 0 Å². The number of hydrogen-bond acceptors (Lipinski definition) is 5. The molecule has 5 nitrogen and oxygen atoms in total. The molecule has 0 heterocycles. The van der Waals surface area contributed by atoms with E-state index in [1.54, 1.807) is 28.4 Å². The molecule has 2 aromatic rings. The maximum atomic E-state index is 5.51. The molecule has 0 aromatic heterocycles. The van der Waals surface area contributed by atoms with Gasteiger partial charge in [-0.1, -0.05) is 6.07 Å². The van der Waals surface area contributed by atoms with Gasteiger partial charge in [0, 0.05) is 12.0 Å². The first-order valence-electron chi connectivity index (χ1n) is 8.80. The lowest BCUT2D eigenvalue weighted by atomic mass is 9.76. The summed E-state index contributed by atoms with van der Waals surface area (Å²) in [5.41, 5.74) is 3.80. The predicted molar refractivity (Wildman–Crippen MR) is 102 cm³/mol. The zero-order chi connectivity index (χ0) is 18.7. The van der Waals surface area contributed by atoms with Crippen LogP contribution in [0.4, 0.5) is 0 Å². The summed E-state index contributed by atoms with van der Waals surface area (Å²) < 4.78 is 21.8. The Morgan fingerprint density at radius 2 is 1.42 bits per heavy atom. The van der Waals surface area contributed by atoms with Crippen LogP contribution in [-0.2, 0) is 6.42 Å². The van der Waals surface area contributed by atoms with Crippen molar-refractivity contribution in [3.63, 3.8) is 0 Å². The minimum Gasteiger partial charge on any atom is -0.493 e. The summed E-state index contributed by atoms with van der Waals surface area (Å²) in [5.74, 6) is 3.40. The summed E-state index contributed by atoms with van der Waals surface area (Å²) >= 11 is 0. The summed E-state index contributed by atoms with van der Waals surface area (Å²) in [7, 11) is 8.68. The van der Waals surface area contributed by atoms with Crippen LogP contribution in [0.25, 0.3) is 0 Å². The van der Waals surface area contributed by atoms with E-state index in [9.17, 15) is 0 Å². The van der Waals surface area contributed by atoms with E-state index in [0.29, 0.717) is 5.92 Å². The van der Waals surface area contributed by atoms with Crippen molar-refractivity contribution in [1.29, 1.82) is 0 Å². The summed E-state index contributed by atoms with van der Waals surface area (Å²) in [6, 6.07) is 10.6. The summed E-state index contributed by atoms with van der Waals surface area (Å²) in [6.45, 7) is 0. The zero-order valence-electron chi connectivity index (χ0n) is 16.1. The second-order valence-electron chi connectivity index (χ2n) is 6.43. The van der Waals surface area contributed by atoms with Crippen LogP contribution >= 0.6 is 0 Å². The van der Waals surface area contributed by atoms with Crippen molar-refractivity contribution in [1.82, 2.24) is 5.32 Å². The fourth-order valence-corrected chi connectivity index (χ4v) is 3.94. The van der Waals surface area contributed by atoms with Crippen molar-refractivity contribution >= 4 is 0 Å². The minimum atomic E-state index is 0.191. The van der Waals surface area contributed by atoms with Crippen LogP contribution in [0.3, 0.4) is 0 Å². The van der Waals surface area contributed by atoms with Crippen LogP contribution in [0, 0.1) is 0 Å². The fraction of sp³-hybridized carbons (Fsp3) is 0.429. The van der Waals surface area contributed by atoms with Crippen molar-refractivity contribution in [2.45, 2.75) is 24.8 Å². The van der Waals surface area contributed by atoms with Gasteiger partial charge in [0.05, 0.1) is 28.4 Å². The minimum absolute atomic E-state index is 0.191. The molecule has 0 saturated carbocycles. The highest BCUT2D eigenvalue weighted by molar-refractivity contribution is 5.51. The smallest absolute Gasteiger partial charge is 0.161 e. The molecule has 3 rings (SSSR count). The Kier molecular flexibility index (Phi) is 5.57. The van der Waals surface area contributed by atoms with Crippen molar-refractivity contribution in [3.05, 3.63) is 47.0 Å². The van der Waals surface area contributed by atoms with Crippen molar-refractivity contribution in [2.75, 3.05) is 35.5 Å². The van der Waals surface area contributed by atoms with E-state index in [-0.39, 0.29) is 6.04 Å². The van der Waals surface area contributed by atoms with Crippen molar-refractivity contribution in [3.8, 4) is 23.0 Å². The van der Waals surface area contributed by atoms with Crippen LogP contribution in [-0.4, -0.2) is 35.5 Å². The average molecular weight is 357 g/mol. The molecule has 2 atom stereocenters. The monoisotopic (exact) mass is 357 g/mol. The van der Waals surface area contributed by atoms with Gasteiger partial charge < -0.3 is 24.3 Å². The third-order valence-electron chi connectivity index (χ3n) is 5.25. The molecule has 0 saturated heterocycles. The van der Waals surface area contributed by atoms with Gasteiger partial charge in [-0.05, 0) is 60.8 Å². The number of likely N-dealkylation sites (N-methyl/N-ethyl adjacent to an activating group) is 1. The van der Waals surface area contributed by atoms with Gasteiger partial charge in [0.25, 0.3) is 0 Å². The lowest BCUT2D eigenvalue weighted by Gasteiger charge is -2.34. The van der Waals surface area contributed by atoms with E-state index in [1.807, 2.05) is 13.1 Å². The molecular weight excluding hydrogens is 330 g/mol. The molecule has 26 heavy (non-hydrogen) atoms. The largest absolute Gasteiger partial charge is 0.493 e. The highest BCUT2D eigenvalue weighted by atomic mass is 16.5. The predicted octanol–water partition coefficient (Wildman–Crippen LogP) is 3.71. The molecule has 0 amide bonds. The van der Waals surface area contributed by atoms with Gasteiger partial charge in [-0.3, -0.25) is 0 Å². The van der Waals surface area contributed by atoms with E-state index in [0.717, 1.165) is 35.8 Å². The van der Waals surface area contributed by atoms with E-state index in [1.165, 1.54) is 16.7 Å². The SMILES string of the molecule is CN[C@@H]1c2cc(OC)c(OC)cc2CC[C@@H]1c1ccc(OC)c(OC)c1. The molecule has 0 radical (unpaired) electrons. The number of fused-ring (bicyclic) bond motifs is 1. The standard InChI is InChI=1S/C21H27NO4/c1-22-21-15(13-7-9-17(23-2)18(10-13)24-3)8-6-14-11-19(25-4)20(26-5)12-16(14)21/h7,9-12,15,21-22H,6,8H2,1-5H3/t15-,21+/m1/s1. The van der Waals surface area contributed by atoms with Gasteiger partial charge in [0.15, 0.2) is 23.0 Å². The molecule has 140 valence electrons. The molecule has 1 N–H and O–H groups in total. The molecule has 1 aliphatic carbocycles. The molecule has 0 aliphatic heterocycles. The third-order valence-corrected chi connectivity index (χ3v) is 5.25. The Hall–Kier alpha value is -2.40. The number of benzene rings is 2. The highest BCUT2D eigenvalue weighted by Gasteiger charge is 2.31. The lowest BCUT2D eigenvalue weighted by Crippen LogP contribution is -2.29. The molecule has 0 spiro atoms. The number of methoxy groups -OCH3 is 4. The summed E-state index contributed by atoms with van der Waals surface area (Å²) in [6.07, 6.45) is 2.04. The molecule has 1 aliphatic rings. The highest BCUT2D eigenvalue weighted by Crippen LogP contribution is 2.45. The van der Waals surface area contributed by atoms with Crippen LogP contribution in [0.1, 0.15) is 35.1 Å². The zero-order valence-corrected chi connectivity index (χ0v) is 16.1. The normalized spacial score (nSPS) is 18.8. The van der Waals surface area contributed by atoms with Gasteiger partial charge >= 0.3 is 0 Å². The van der Waals surface area contributed by atoms with Gasteiger partial charge in [0.1, 0.15) is 0 Å². The Morgan fingerprint density at radius 1 is 0.808 bits per heavy atom. The van der Waals surface area contributed by atoms with Gasteiger partial charge in [-0.2, -0.15) is 0 Å². The maximum absolute atomic E-state index is 5.51. The topological polar surface area (TPSA) is 49.0 Å². The average Bonchev–Trinajstić information content (AvgIpc) is 2.70. The first kappa shape index (κ1) is 18.4. The number of hydrogen-bond donors (Lipinski definition) is 1. The molecule has 5 heteroatoms. The van der Waals surface area contributed by atoms with Crippen LogP contribution < -0.4 is 24.3 Å². The number of aryl methyl sites for hydroxylation is 1. The Morgan fingerprint density at radius 3 is 2.04 bits per heavy atom.